The lowest BCUT2D eigenvalue weighted by Gasteiger charge is -2.19. The van der Waals surface area contributed by atoms with Gasteiger partial charge in [-0.25, -0.2) is 4.39 Å². The lowest BCUT2D eigenvalue weighted by molar-refractivity contribution is -0.116. The Morgan fingerprint density at radius 2 is 2.12 bits per heavy atom. The number of aryl methyl sites for hydroxylation is 1. The van der Waals surface area contributed by atoms with Crippen molar-refractivity contribution in [3.63, 3.8) is 0 Å². The molecule has 1 atom stereocenters. The first-order valence-electron chi connectivity index (χ1n) is 5.91. The Morgan fingerprint density at radius 3 is 2.82 bits per heavy atom. The molecule has 1 aliphatic carbocycles. The minimum atomic E-state index is -0.308. The number of hydrogen-bond donors (Lipinski definition) is 1. The van der Waals surface area contributed by atoms with Crippen LogP contribution in [0, 0.1) is 11.7 Å². The van der Waals surface area contributed by atoms with Gasteiger partial charge in [0.05, 0.1) is 5.38 Å². The number of fused-ring (bicyclic) bond motifs is 1. The number of benzene rings is 1. The summed E-state index contributed by atoms with van der Waals surface area (Å²) in [7, 11) is 0. The molecule has 2 nitrogen and oxygen atoms in total. The molecule has 1 unspecified atom stereocenters. The molecule has 1 aromatic rings. The first-order valence-corrected chi connectivity index (χ1v) is 6.35. The Bertz CT molecular complexity index is 485. The van der Waals surface area contributed by atoms with Gasteiger partial charge in [0.1, 0.15) is 5.82 Å². The second-order valence-electron chi connectivity index (χ2n) is 4.82. The molecule has 1 aliphatic heterocycles. The minimum Gasteiger partial charge on any atom is -0.326 e. The molecule has 1 N–H and O–H groups in total. The highest BCUT2D eigenvalue weighted by atomic mass is 35.5. The van der Waals surface area contributed by atoms with E-state index in [4.69, 9.17) is 11.6 Å². The van der Waals surface area contributed by atoms with Crippen LogP contribution in [-0.4, -0.2) is 5.91 Å². The van der Waals surface area contributed by atoms with Crippen molar-refractivity contribution in [3.05, 3.63) is 29.1 Å². The fraction of sp³-hybridized carbons (Fsp3) is 0.462. The molecule has 17 heavy (non-hydrogen) atoms. The topological polar surface area (TPSA) is 29.1 Å². The van der Waals surface area contributed by atoms with Crippen LogP contribution in [0.5, 0.6) is 0 Å². The van der Waals surface area contributed by atoms with E-state index >= 15 is 0 Å². The summed E-state index contributed by atoms with van der Waals surface area (Å²) in [5.74, 6) is 0.0644. The molecule has 90 valence electrons. The van der Waals surface area contributed by atoms with E-state index < -0.39 is 0 Å². The van der Waals surface area contributed by atoms with Crippen molar-refractivity contribution in [1.82, 2.24) is 0 Å². The van der Waals surface area contributed by atoms with Crippen LogP contribution in [0.3, 0.4) is 0 Å². The number of carbonyl (C=O) groups excluding carboxylic acids is 1. The summed E-state index contributed by atoms with van der Waals surface area (Å²) >= 11 is 6.25. The van der Waals surface area contributed by atoms with Gasteiger partial charge in [-0.2, -0.15) is 0 Å². The van der Waals surface area contributed by atoms with E-state index in [0.29, 0.717) is 30.0 Å². The van der Waals surface area contributed by atoms with E-state index in [2.05, 4.69) is 5.32 Å². The van der Waals surface area contributed by atoms with Crippen molar-refractivity contribution in [1.29, 1.82) is 0 Å². The lowest BCUT2D eigenvalue weighted by atomic mass is 9.97. The van der Waals surface area contributed by atoms with Crippen LogP contribution in [-0.2, 0) is 11.2 Å². The molecule has 1 fully saturated rings. The van der Waals surface area contributed by atoms with Gasteiger partial charge in [-0.1, -0.05) is 0 Å². The van der Waals surface area contributed by atoms with Crippen LogP contribution in [0.15, 0.2) is 12.1 Å². The monoisotopic (exact) mass is 253 g/mol. The van der Waals surface area contributed by atoms with E-state index in [1.54, 1.807) is 0 Å². The summed E-state index contributed by atoms with van der Waals surface area (Å²) < 4.78 is 13.9. The smallest absolute Gasteiger partial charge is 0.224 e. The van der Waals surface area contributed by atoms with Crippen molar-refractivity contribution in [2.24, 2.45) is 5.92 Å². The number of alkyl halides is 1. The lowest BCUT2D eigenvalue weighted by Crippen LogP contribution is -2.19. The molecule has 0 aromatic heterocycles. The fourth-order valence-electron chi connectivity index (χ4n) is 2.28. The standard InChI is InChI=1S/C13H13ClFNO/c14-13(7-1-2-7)9-5-8-3-4-12(17)16-11(8)6-10(9)15/h5-7,13H,1-4H2,(H,16,17). The molecule has 1 aromatic carbocycles. The molecule has 1 heterocycles. The summed E-state index contributed by atoms with van der Waals surface area (Å²) in [5.41, 5.74) is 2.18. The van der Waals surface area contributed by atoms with Gasteiger partial charge in [0.25, 0.3) is 0 Å². The average Bonchev–Trinajstić information content (AvgIpc) is 3.11. The Hall–Kier alpha value is -1.09. The third-order valence-corrected chi connectivity index (χ3v) is 4.04. The van der Waals surface area contributed by atoms with Crippen LogP contribution >= 0.6 is 11.6 Å². The Labute approximate surface area is 104 Å². The zero-order chi connectivity index (χ0) is 12.0. The van der Waals surface area contributed by atoms with Gasteiger partial charge in [0.2, 0.25) is 5.91 Å². The highest BCUT2D eigenvalue weighted by Gasteiger charge is 2.33. The van der Waals surface area contributed by atoms with Crippen LogP contribution < -0.4 is 5.32 Å². The number of anilines is 1. The maximum atomic E-state index is 13.9. The maximum absolute atomic E-state index is 13.9. The van der Waals surface area contributed by atoms with E-state index in [1.165, 1.54) is 6.07 Å². The first kappa shape index (κ1) is 11.0. The first-order chi connectivity index (χ1) is 8.15. The molecular formula is C13H13ClFNO. The van der Waals surface area contributed by atoms with Crippen molar-refractivity contribution < 1.29 is 9.18 Å². The largest absolute Gasteiger partial charge is 0.326 e. The number of carbonyl (C=O) groups is 1. The zero-order valence-electron chi connectivity index (χ0n) is 9.30. The predicted octanol–water partition coefficient (Wildman–Crippen LogP) is 3.40. The molecule has 0 bridgehead atoms. The Balaban J connectivity index is 1.98. The second-order valence-corrected chi connectivity index (χ2v) is 5.29. The molecule has 1 saturated carbocycles. The van der Waals surface area contributed by atoms with Crippen molar-refractivity contribution in [3.8, 4) is 0 Å². The van der Waals surface area contributed by atoms with Gasteiger partial charge >= 0.3 is 0 Å². The molecule has 4 heteroatoms. The molecule has 0 saturated heterocycles. The van der Waals surface area contributed by atoms with Gasteiger partial charge in [-0.3, -0.25) is 4.79 Å². The molecular weight excluding hydrogens is 241 g/mol. The molecule has 2 aliphatic rings. The Morgan fingerprint density at radius 1 is 1.35 bits per heavy atom. The maximum Gasteiger partial charge on any atom is 0.224 e. The summed E-state index contributed by atoms with van der Waals surface area (Å²) in [6, 6.07) is 3.22. The zero-order valence-corrected chi connectivity index (χ0v) is 10.1. The van der Waals surface area contributed by atoms with Crippen molar-refractivity contribution in [2.45, 2.75) is 31.1 Å². The van der Waals surface area contributed by atoms with Gasteiger partial charge in [-0.15, -0.1) is 11.6 Å². The summed E-state index contributed by atoms with van der Waals surface area (Å²) in [6.07, 6.45) is 3.31. The van der Waals surface area contributed by atoms with E-state index in [9.17, 15) is 9.18 Å². The molecule has 3 rings (SSSR count). The summed E-state index contributed by atoms with van der Waals surface area (Å²) in [6.45, 7) is 0. The minimum absolute atomic E-state index is 0.0470. The summed E-state index contributed by atoms with van der Waals surface area (Å²) in [5, 5.41) is 2.47. The third-order valence-electron chi connectivity index (χ3n) is 3.45. The highest BCUT2D eigenvalue weighted by molar-refractivity contribution is 6.21. The van der Waals surface area contributed by atoms with E-state index in [1.807, 2.05) is 6.07 Å². The number of halogens is 2. The van der Waals surface area contributed by atoms with Gasteiger partial charge in [0, 0.05) is 17.7 Å². The van der Waals surface area contributed by atoms with Crippen LogP contribution in [0.1, 0.15) is 35.8 Å². The van der Waals surface area contributed by atoms with Crippen LogP contribution in [0.25, 0.3) is 0 Å². The van der Waals surface area contributed by atoms with Gasteiger partial charge in [0.15, 0.2) is 0 Å². The fourth-order valence-corrected chi connectivity index (χ4v) is 2.69. The molecule has 0 spiro atoms. The normalized spacial score (nSPS) is 20.7. The predicted molar refractivity (Wildman–Crippen MR) is 64.7 cm³/mol. The number of amides is 1. The Kier molecular flexibility index (Phi) is 2.58. The average molecular weight is 254 g/mol. The summed E-state index contributed by atoms with van der Waals surface area (Å²) in [4.78, 5) is 11.2. The number of rotatable bonds is 2. The van der Waals surface area contributed by atoms with Gasteiger partial charge < -0.3 is 5.32 Å². The number of hydrogen-bond acceptors (Lipinski definition) is 1. The second kappa shape index (κ2) is 3.98. The molecule has 1 amide bonds. The van der Waals surface area contributed by atoms with Crippen molar-refractivity contribution in [2.75, 3.05) is 5.32 Å². The third kappa shape index (κ3) is 2.04. The quantitative estimate of drug-likeness (QED) is 0.804. The van der Waals surface area contributed by atoms with Crippen molar-refractivity contribution >= 4 is 23.2 Å². The van der Waals surface area contributed by atoms with E-state index in [-0.39, 0.29) is 17.1 Å². The SMILES string of the molecule is O=C1CCc2cc(C(Cl)C3CC3)c(F)cc2N1. The molecule has 0 radical (unpaired) electrons. The van der Waals surface area contributed by atoms with E-state index in [0.717, 1.165) is 18.4 Å². The van der Waals surface area contributed by atoms with Crippen LogP contribution in [0.2, 0.25) is 0 Å². The number of nitrogens with one attached hydrogen (secondary N) is 1. The van der Waals surface area contributed by atoms with Gasteiger partial charge in [-0.05, 0) is 42.9 Å². The highest BCUT2D eigenvalue weighted by Crippen LogP contribution is 2.46. The van der Waals surface area contributed by atoms with Crippen LogP contribution in [0.4, 0.5) is 10.1 Å².